The number of sulfone groups is 1. The van der Waals surface area contributed by atoms with E-state index in [2.05, 4.69) is 10.3 Å². The first kappa shape index (κ1) is 20.7. The highest BCUT2D eigenvalue weighted by molar-refractivity contribution is 7.91. The summed E-state index contributed by atoms with van der Waals surface area (Å²) in [5, 5.41) is 14.6. The molecule has 2 N–H and O–H groups in total. The normalized spacial score (nSPS) is 12.9. The van der Waals surface area contributed by atoms with Crippen LogP contribution in [0.15, 0.2) is 76.8 Å². The van der Waals surface area contributed by atoms with Gasteiger partial charge in [0, 0.05) is 23.8 Å². The molecule has 0 aliphatic heterocycles. The molecular weight excluding hydrogens is 416 g/mol. The van der Waals surface area contributed by atoms with Gasteiger partial charge < -0.3 is 5.11 Å². The third-order valence-electron chi connectivity index (χ3n) is 4.85. The second kappa shape index (κ2) is 8.28. The van der Waals surface area contributed by atoms with Crippen LogP contribution in [-0.4, -0.2) is 18.5 Å². The molecule has 0 amide bonds. The van der Waals surface area contributed by atoms with Crippen molar-refractivity contribution in [3.8, 4) is 0 Å². The van der Waals surface area contributed by atoms with Crippen LogP contribution in [0.25, 0.3) is 10.1 Å². The number of thiophene rings is 1. The molecule has 0 saturated heterocycles. The minimum absolute atomic E-state index is 0.258. The summed E-state index contributed by atoms with van der Waals surface area (Å²) < 4.78 is 26.9. The van der Waals surface area contributed by atoms with E-state index in [-0.39, 0.29) is 4.90 Å². The molecule has 0 spiro atoms. The van der Waals surface area contributed by atoms with Gasteiger partial charge in [-0.1, -0.05) is 18.2 Å². The first-order valence-corrected chi connectivity index (χ1v) is 11.8. The number of nitrogens with zero attached hydrogens (tertiary/aromatic N) is 1. The fourth-order valence-corrected chi connectivity index (χ4v) is 5.81. The van der Waals surface area contributed by atoms with Crippen molar-refractivity contribution in [3.05, 3.63) is 88.6 Å². The number of nitrogens with one attached hydrogen (secondary N) is 1. The third kappa shape index (κ3) is 4.29. The van der Waals surface area contributed by atoms with Crippen LogP contribution >= 0.6 is 11.3 Å². The number of hydrogen-bond donors (Lipinski definition) is 2. The fourth-order valence-electron chi connectivity index (χ4n) is 3.37. The number of aryl methyl sites for hydroxylation is 2. The number of hydrogen-bond acceptors (Lipinski definition) is 6. The molecule has 1 unspecified atom stereocenters. The van der Waals surface area contributed by atoms with Crippen molar-refractivity contribution < 1.29 is 13.5 Å². The Hall–Kier alpha value is -2.58. The maximum Gasteiger partial charge on any atom is 0.206 e. The van der Waals surface area contributed by atoms with E-state index in [9.17, 15) is 13.5 Å². The molecule has 0 radical (unpaired) electrons. The molecular formula is C23H22N2O3S2. The zero-order chi connectivity index (χ0) is 21.3. The molecule has 2 aromatic heterocycles. The highest BCUT2D eigenvalue weighted by Gasteiger charge is 2.18. The molecule has 0 fully saturated rings. The average molecular weight is 439 g/mol. The Morgan fingerprint density at radius 3 is 2.37 bits per heavy atom. The standard InChI is InChI=1S/C23H22N2O3S2/c1-15-9-16(2)11-20(10-15)30(27,28)19-5-3-17(4-6-19)13-25-23(26)21-12-18-7-8-24-14-22(18)29-21/h3-12,14,23,25-26H,13H2,1-2H3. The van der Waals surface area contributed by atoms with Gasteiger partial charge in [0.05, 0.1) is 14.5 Å². The number of pyridine rings is 1. The number of aliphatic hydroxyl groups excluding tert-OH is 1. The van der Waals surface area contributed by atoms with E-state index in [1.807, 2.05) is 32.0 Å². The van der Waals surface area contributed by atoms with E-state index >= 15 is 0 Å². The van der Waals surface area contributed by atoms with Crippen LogP contribution in [0.3, 0.4) is 0 Å². The molecule has 2 aromatic carbocycles. The lowest BCUT2D eigenvalue weighted by Gasteiger charge is -2.12. The molecule has 0 bridgehead atoms. The summed E-state index contributed by atoms with van der Waals surface area (Å²) in [4.78, 5) is 5.47. The second-order valence-corrected chi connectivity index (χ2v) is 10.4. The third-order valence-corrected chi connectivity index (χ3v) is 7.74. The first-order valence-electron chi connectivity index (χ1n) is 9.50. The van der Waals surface area contributed by atoms with E-state index in [0.29, 0.717) is 11.4 Å². The lowest BCUT2D eigenvalue weighted by molar-refractivity contribution is 0.141. The molecule has 4 aromatic rings. The lowest BCUT2D eigenvalue weighted by atomic mass is 10.2. The lowest BCUT2D eigenvalue weighted by Crippen LogP contribution is -2.19. The van der Waals surface area contributed by atoms with E-state index < -0.39 is 16.1 Å². The molecule has 0 aliphatic rings. The van der Waals surface area contributed by atoms with Gasteiger partial charge in [-0.05, 0) is 72.3 Å². The molecule has 1 atom stereocenters. The van der Waals surface area contributed by atoms with Gasteiger partial charge in [0.2, 0.25) is 9.84 Å². The molecule has 5 nitrogen and oxygen atoms in total. The van der Waals surface area contributed by atoms with E-state index in [0.717, 1.165) is 31.7 Å². The Labute approximate surface area is 180 Å². The summed E-state index contributed by atoms with van der Waals surface area (Å²) in [6, 6.07) is 15.9. The fraction of sp³-hybridized carbons (Fsp3) is 0.174. The summed E-state index contributed by atoms with van der Waals surface area (Å²) in [5.74, 6) is 0. The van der Waals surface area contributed by atoms with E-state index in [1.54, 1.807) is 48.8 Å². The predicted octanol–water partition coefficient (Wildman–Crippen LogP) is 4.53. The summed E-state index contributed by atoms with van der Waals surface area (Å²) in [5.41, 5.74) is 2.72. The zero-order valence-electron chi connectivity index (χ0n) is 16.7. The van der Waals surface area contributed by atoms with Crippen LogP contribution in [0.5, 0.6) is 0 Å². The maximum atomic E-state index is 12.9. The van der Waals surface area contributed by atoms with Crippen molar-refractivity contribution in [2.45, 2.75) is 36.4 Å². The maximum absolute atomic E-state index is 12.9. The number of aromatic nitrogens is 1. The van der Waals surface area contributed by atoms with Gasteiger partial charge in [0.15, 0.2) is 0 Å². The van der Waals surface area contributed by atoms with Gasteiger partial charge in [-0.3, -0.25) is 10.3 Å². The molecule has 7 heteroatoms. The quantitative estimate of drug-likeness (QED) is 0.433. The largest absolute Gasteiger partial charge is 0.373 e. The predicted molar refractivity (Wildman–Crippen MR) is 119 cm³/mol. The number of benzene rings is 2. The van der Waals surface area contributed by atoms with Gasteiger partial charge >= 0.3 is 0 Å². The van der Waals surface area contributed by atoms with Gasteiger partial charge in [-0.15, -0.1) is 11.3 Å². The molecule has 2 heterocycles. The Bertz CT molecular complexity index is 1240. The van der Waals surface area contributed by atoms with Crippen LogP contribution in [0, 0.1) is 13.8 Å². The van der Waals surface area contributed by atoms with Crippen molar-refractivity contribution in [2.24, 2.45) is 0 Å². The SMILES string of the molecule is Cc1cc(C)cc(S(=O)(=O)c2ccc(CNC(O)c3cc4ccncc4s3)cc2)c1. The van der Waals surface area contributed by atoms with Crippen LogP contribution in [-0.2, 0) is 16.4 Å². The van der Waals surface area contributed by atoms with E-state index in [1.165, 1.54) is 11.3 Å². The van der Waals surface area contributed by atoms with Gasteiger partial charge in [-0.25, -0.2) is 8.42 Å². The first-order chi connectivity index (χ1) is 14.3. The van der Waals surface area contributed by atoms with Crippen LogP contribution < -0.4 is 5.32 Å². The summed E-state index contributed by atoms with van der Waals surface area (Å²) in [6.45, 7) is 4.19. The van der Waals surface area contributed by atoms with Crippen molar-refractivity contribution in [1.29, 1.82) is 0 Å². The smallest absolute Gasteiger partial charge is 0.206 e. The number of fused-ring (bicyclic) bond motifs is 1. The van der Waals surface area contributed by atoms with Gasteiger partial charge in [0.25, 0.3) is 0 Å². The Kier molecular flexibility index (Phi) is 5.71. The highest BCUT2D eigenvalue weighted by Crippen LogP contribution is 2.28. The van der Waals surface area contributed by atoms with Gasteiger partial charge in [0.1, 0.15) is 6.23 Å². The Balaban J connectivity index is 1.46. The van der Waals surface area contributed by atoms with Crippen molar-refractivity contribution >= 4 is 31.3 Å². The Morgan fingerprint density at radius 1 is 1.00 bits per heavy atom. The average Bonchev–Trinajstić information content (AvgIpc) is 3.16. The Morgan fingerprint density at radius 2 is 1.70 bits per heavy atom. The number of rotatable bonds is 6. The molecule has 154 valence electrons. The monoisotopic (exact) mass is 438 g/mol. The second-order valence-electron chi connectivity index (χ2n) is 7.32. The highest BCUT2D eigenvalue weighted by atomic mass is 32.2. The van der Waals surface area contributed by atoms with Crippen molar-refractivity contribution in [3.63, 3.8) is 0 Å². The molecule has 4 rings (SSSR count). The van der Waals surface area contributed by atoms with E-state index in [4.69, 9.17) is 0 Å². The van der Waals surface area contributed by atoms with Crippen LogP contribution in [0.1, 0.15) is 27.8 Å². The van der Waals surface area contributed by atoms with Crippen molar-refractivity contribution in [1.82, 2.24) is 10.3 Å². The van der Waals surface area contributed by atoms with Crippen LogP contribution in [0.2, 0.25) is 0 Å². The zero-order valence-corrected chi connectivity index (χ0v) is 18.3. The van der Waals surface area contributed by atoms with Crippen LogP contribution in [0.4, 0.5) is 0 Å². The topological polar surface area (TPSA) is 79.3 Å². The minimum Gasteiger partial charge on any atom is -0.373 e. The number of aliphatic hydroxyl groups is 1. The molecule has 0 aliphatic carbocycles. The van der Waals surface area contributed by atoms with Gasteiger partial charge in [-0.2, -0.15) is 0 Å². The summed E-state index contributed by atoms with van der Waals surface area (Å²) >= 11 is 1.49. The van der Waals surface area contributed by atoms with Crippen molar-refractivity contribution in [2.75, 3.05) is 0 Å². The molecule has 30 heavy (non-hydrogen) atoms. The molecule has 0 saturated carbocycles. The summed E-state index contributed by atoms with van der Waals surface area (Å²) in [7, 11) is -3.56. The summed E-state index contributed by atoms with van der Waals surface area (Å²) in [6.07, 6.45) is 2.71. The minimum atomic E-state index is -3.56.